The Labute approximate surface area is 244 Å². The van der Waals surface area contributed by atoms with Gasteiger partial charge in [-0.1, -0.05) is 106 Å². The van der Waals surface area contributed by atoms with E-state index in [9.17, 15) is 9.90 Å². The Morgan fingerprint density at radius 1 is 0.625 bits per heavy atom. The summed E-state index contributed by atoms with van der Waals surface area (Å²) in [7, 11) is 0. The van der Waals surface area contributed by atoms with Crippen LogP contribution in [0.1, 0.15) is 141 Å². The van der Waals surface area contributed by atoms with Crippen molar-refractivity contribution in [3.63, 3.8) is 0 Å². The van der Waals surface area contributed by atoms with Gasteiger partial charge in [-0.05, 0) is 105 Å². The van der Waals surface area contributed by atoms with Crippen LogP contribution in [0.15, 0.2) is 36.4 Å². The van der Waals surface area contributed by atoms with E-state index < -0.39 is 0 Å². The molecule has 4 atom stereocenters. The minimum Gasteiger partial charge on any atom is -0.396 e. The van der Waals surface area contributed by atoms with Crippen LogP contribution < -0.4 is 0 Å². The minimum absolute atomic E-state index is 0.0917. The average Bonchev–Trinajstić information content (AvgIpc) is 3.79. The first-order valence-corrected chi connectivity index (χ1v) is 15.8. The van der Waals surface area contributed by atoms with Crippen LogP contribution >= 0.6 is 0 Å². The molecule has 4 aliphatic rings. The van der Waals surface area contributed by atoms with Gasteiger partial charge in [-0.3, -0.25) is 0 Å². The molecule has 2 nitrogen and oxygen atoms in total. The maximum Gasteiger partial charge on any atom is 0.123 e. The van der Waals surface area contributed by atoms with Crippen molar-refractivity contribution in [2.45, 2.75) is 140 Å². The lowest BCUT2D eigenvalue weighted by molar-refractivity contribution is -0.109. The van der Waals surface area contributed by atoms with Crippen molar-refractivity contribution >= 4 is 6.29 Å². The molecule has 6 rings (SSSR count). The molecular formula is C38H54O2. The van der Waals surface area contributed by atoms with Gasteiger partial charge in [0.25, 0.3) is 0 Å². The lowest BCUT2D eigenvalue weighted by Gasteiger charge is -2.42. The number of fused-ring (bicyclic) bond motifs is 2. The fraction of sp³-hybridized carbons (Fsp3) is 0.658. The molecule has 2 aromatic carbocycles. The van der Waals surface area contributed by atoms with Crippen molar-refractivity contribution < 1.29 is 9.90 Å². The highest BCUT2D eigenvalue weighted by Crippen LogP contribution is 2.56. The van der Waals surface area contributed by atoms with E-state index in [1.807, 2.05) is 0 Å². The fourth-order valence-electron chi connectivity index (χ4n) is 7.89. The molecule has 218 valence electrons. The van der Waals surface area contributed by atoms with Crippen LogP contribution in [0.4, 0.5) is 0 Å². The minimum atomic E-state index is 0.0917. The first-order chi connectivity index (χ1) is 18.4. The lowest BCUT2D eigenvalue weighted by Crippen LogP contribution is -2.34. The van der Waals surface area contributed by atoms with Gasteiger partial charge in [-0.2, -0.15) is 0 Å². The molecule has 2 saturated carbocycles. The number of carbonyl (C=O) groups excluding carboxylic acids is 1. The third kappa shape index (κ3) is 4.81. The van der Waals surface area contributed by atoms with Crippen LogP contribution in [-0.2, 0) is 37.3 Å². The smallest absolute Gasteiger partial charge is 0.123 e. The van der Waals surface area contributed by atoms with Gasteiger partial charge in [-0.25, -0.2) is 0 Å². The molecule has 2 fully saturated rings. The zero-order valence-electron chi connectivity index (χ0n) is 27.0. The Morgan fingerprint density at radius 2 is 1.02 bits per heavy atom. The molecule has 40 heavy (non-hydrogen) atoms. The Bertz CT molecular complexity index is 1310. The van der Waals surface area contributed by atoms with Crippen molar-refractivity contribution in [1.82, 2.24) is 0 Å². The summed E-state index contributed by atoms with van der Waals surface area (Å²) in [5, 5.41) is 9.43. The number of aldehydes is 1. The van der Waals surface area contributed by atoms with Gasteiger partial charge >= 0.3 is 0 Å². The number of aliphatic hydroxyl groups is 1. The third-order valence-corrected chi connectivity index (χ3v) is 12.1. The van der Waals surface area contributed by atoms with Crippen molar-refractivity contribution in [3.05, 3.63) is 69.8 Å². The summed E-state index contributed by atoms with van der Waals surface area (Å²) in [4.78, 5) is 11.1. The van der Waals surface area contributed by atoms with E-state index in [-0.39, 0.29) is 33.0 Å². The van der Waals surface area contributed by atoms with Gasteiger partial charge in [0.2, 0.25) is 0 Å². The summed E-state index contributed by atoms with van der Waals surface area (Å²) < 4.78 is 0. The lowest BCUT2D eigenvalue weighted by atomic mass is 9.62. The molecule has 1 N–H and O–H groups in total. The maximum atomic E-state index is 11.1. The number of carbonyl (C=O) groups is 1. The van der Waals surface area contributed by atoms with Crippen molar-refractivity contribution in [2.75, 3.05) is 6.61 Å². The highest BCUT2D eigenvalue weighted by atomic mass is 16.3. The third-order valence-electron chi connectivity index (χ3n) is 12.1. The first kappa shape index (κ1) is 29.6. The SMILES string of the molecule is CC1(C)CCC(C)(C)c2cc([C@@]3(C)C[C@H]3C=O)ccc21.CC1(C)CCC(C)(C)c2cc([C@@]3(C)C[C@H]3CO)ccc21. The summed E-state index contributed by atoms with van der Waals surface area (Å²) in [5.41, 5.74) is 10.3. The van der Waals surface area contributed by atoms with Crippen LogP contribution in [0.3, 0.4) is 0 Å². The average molecular weight is 543 g/mol. The molecular weight excluding hydrogens is 488 g/mol. The van der Waals surface area contributed by atoms with Gasteiger partial charge in [0.05, 0.1) is 0 Å². The Morgan fingerprint density at radius 3 is 1.38 bits per heavy atom. The van der Waals surface area contributed by atoms with Crippen LogP contribution in [0.2, 0.25) is 0 Å². The van der Waals surface area contributed by atoms with Gasteiger partial charge in [-0.15, -0.1) is 0 Å². The second-order valence-corrected chi connectivity index (χ2v) is 16.9. The number of hydrogen-bond acceptors (Lipinski definition) is 2. The topological polar surface area (TPSA) is 37.3 Å². The second kappa shape index (κ2) is 9.29. The molecule has 0 heterocycles. The molecule has 0 aromatic heterocycles. The van der Waals surface area contributed by atoms with Crippen LogP contribution in [0.25, 0.3) is 0 Å². The normalized spacial score (nSPS) is 33.5. The number of rotatable bonds is 4. The highest BCUT2D eigenvalue weighted by molar-refractivity contribution is 5.64. The van der Waals surface area contributed by atoms with Gasteiger partial charge in [0.15, 0.2) is 0 Å². The second-order valence-electron chi connectivity index (χ2n) is 16.9. The van der Waals surface area contributed by atoms with Gasteiger partial charge < -0.3 is 9.90 Å². The molecule has 0 spiro atoms. The van der Waals surface area contributed by atoms with Gasteiger partial charge in [0, 0.05) is 17.9 Å². The molecule has 0 amide bonds. The molecule has 0 radical (unpaired) electrons. The summed E-state index contributed by atoms with van der Waals surface area (Å²) in [6.45, 7) is 23.8. The monoisotopic (exact) mass is 542 g/mol. The summed E-state index contributed by atoms with van der Waals surface area (Å²) in [5.74, 6) is 0.681. The van der Waals surface area contributed by atoms with Crippen LogP contribution in [0.5, 0.6) is 0 Å². The fourth-order valence-corrected chi connectivity index (χ4v) is 7.89. The van der Waals surface area contributed by atoms with E-state index >= 15 is 0 Å². The highest BCUT2D eigenvalue weighted by Gasteiger charge is 2.52. The van der Waals surface area contributed by atoms with E-state index in [1.54, 1.807) is 0 Å². The zero-order valence-corrected chi connectivity index (χ0v) is 27.0. The first-order valence-electron chi connectivity index (χ1n) is 15.8. The predicted molar refractivity (Wildman–Crippen MR) is 168 cm³/mol. The van der Waals surface area contributed by atoms with Crippen molar-refractivity contribution in [3.8, 4) is 0 Å². The van der Waals surface area contributed by atoms with E-state index in [2.05, 4.69) is 106 Å². The molecule has 4 aliphatic carbocycles. The van der Waals surface area contributed by atoms with E-state index in [4.69, 9.17) is 0 Å². The van der Waals surface area contributed by atoms with E-state index in [0.29, 0.717) is 17.9 Å². The van der Waals surface area contributed by atoms with Crippen molar-refractivity contribution in [2.24, 2.45) is 11.8 Å². The quantitative estimate of drug-likeness (QED) is 0.392. The molecule has 2 aromatic rings. The van der Waals surface area contributed by atoms with E-state index in [0.717, 1.165) is 19.1 Å². The Hall–Kier alpha value is -1.93. The Kier molecular flexibility index (Phi) is 6.86. The standard InChI is InChI=1S/C19H28O.C19H26O/c2*1-17(2)8-9-18(3,4)16-10-13(6-7-15(16)17)19(5)11-14(19)12-20/h6-7,10,14,20H,8-9,11-12H2,1-5H3;6-7,10,12,14H,8-9,11H2,1-5H3/t2*14-,19+/m00/s1. The summed E-state index contributed by atoms with van der Waals surface area (Å²) in [6, 6.07) is 14.1. The summed E-state index contributed by atoms with van der Waals surface area (Å²) in [6.07, 6.45) is 8.30. The molecule has 0 bridgehead atoms. The zero-order chi connectivity index (χ0) is 29.5. The number of hydrogen-bond donors (Lipinski definition) is 1. The van der Waals surface area contributed by atoms with E-state index in [1.165, 1.54) is 59.1 Å². The molecule has 0 saturated heterocycles. The van der Waals surface area contributed by atoms with Crippen LogP contribution in [0, 0.1) is 11.8 Å². The van der Waals surface area contributed by atoms with Crippen molar-refractivity contribution in [1.29, 1.82) is 0 Å². The molecule has 0 unspecified atom stereocenters. The van der Waals surface area contributed by atoms with Gasteiger partial charge in [0.1, 0.15) is 6.29 Å². The predicted octanol–water partition coefficient (Wildman–Crippen LogP) is 8.82. The van der Waals surface area contributed by atoms with Crippen LogP contribution in [-0.4, -0.2) is 18.0 Å². The summed E-state index contributed by atoms with van der Waals surface area (Å²) >= 11 is 0. The maximum absolute atomic E-state index is 11.1. The molecule has 0 aliphatic heterocycles. The largest absolute Gasteiger partial charge is 0.396 e. The number of aliphatic hydroxyl groups excluding tert-OH is 1. The molecule has 2 heteroatoms. The number of benzene rings is 2. The Balaban J connectivity index is 0.000000161.